The maximum absolute atomic E-state index is 13.7. The Bertz CT molecular complexity index is 1470. The first-order valence-electron chi connectivity index (χ1n) is 10.8. The molecule has 0 atom stereocenters. The normalized spacial score (nSPS) is 14.0. The van der Waals surface area contributed by atoms with Gasteiger partial charge in [0, 0.05) is 17.7 Å². The summed E-state index contributed by atoms with van der Waals surface area (Å²) in [4.78, 5) is 17.3. The molecule has 0 radical (unpaired) electrons. The molecule has 0 saturated heterocycles. The summed E-state index contributed by atoms with van der Waals surface area (Å²) in [6, 6.07) is 7.52. The summed E-state index contributed by atoms with van der Waals surface area (Å²) in [7, 11) is 0. The third-order valence-corrected chi connectivity index (χ3v) is 6.64. The molecule has 35 heavy (non-hydrogen) atoms. The number of anilines is 1. The number of alkyl halides is 3. The van der Waals surface area contributed by atoms with Crippen LogP contribution in [0.25, 0.3) is 5.65 Å². The van der Waals surface area contributed by atoms with Gasteiger partial charge in [-0.2, -0.15) is 23.4 Å². The fourth-order valence-electron chi connectivity index (χ4n) is 3.92. The molecule has 0 aliphatic heterocycles. The molecule has 0 spiro atoms. The summed E-state index contributed by atoms with van der Waals surface area (Å²) >= 11 is 12.1. The van der Waals surface area contributed by atoms with Gasteiger partial charge in [-0.15, -0.1) is 0 Å². The number of carbonyl (C=O) groups is 1. The Morgan fingerprint density at radius 3 is 2.51 bits per heavy atom. The average Bonchev–Trinajstić information content (AvgIpc) is 3.50. The van der Waals surface area contributed by atoms with Crippen molar-refractivity contribution in [2.24, 2.45) is 0 Å². The van der Waals surface area contributed by atoms with E-state index < -0.39 is 17.8 Å². The Hall–Kier alpha value is -3.11. The second kappa shape index (κ2) is 8.53. The predicted octanol–water partition coefficient (Wildman–Crippen LogP) is 6.05. The van der Waals surface area contributed by atoms with Crippen molar-refractivity contribution in [3.8, 4) is 0 Å². The van der Waals surface area contributed by atoms with Crippen LogP contribution in [0.1, 0.15) is 57.6 Å². The summed E-state index contributed by atoms with van der Waals surface area (Å²) in [6.45, 7) is 3.89. The van der Waals surface area contributed by atoms with Crippen LogP contribution >= 0.6 is 23.2 Å². The number of aromatic nitrogens is 5. The van der Waals surface area contributed by atoms with Gasteiger partial charge < -0.3 is 5.32 Å². The summed E-state index contributed by atoms with van der Waals surface area (Å²) in [5, 5.41) is 12.0. The van der Waals surface area contributed by atoms with Crippen LogP contribution < -0.4 is 5.32 Å². The van der Waals surface area contributed by atoms with E-state index >= 15 is 0 Å². The van der Waals surface area contributed by atoms with Gasteiger partial charge in [-0.05, 0) is 50.5 Å². The van der Waals surface area contributed by atoms with Crippen LogP contribution in [0.4, 0.5) is 18.9 Å². The second-order valence-corrected chi connectivity index (χ2v) is 9.36. The minimum Gasteiger partial charge on any atom is -0.317 e. The SMILES string of the molecule is Cc1nn(Cc2ccc(Cl)c(Cl)c2)c(C)c1NC(=O)c1cc2nc(C3CC3)cc(C(F)(F)F)n2n1. The first-order valence-corrected chi connectivity index (χ1v) is 11.5. The lowest BCUT2D eigenvalue weighted by Gasteiger charge is -2.10. The number of hydrogen-bond donors (Lipinski definition) is 1. The molecule has 0 bridgehead atoms. The smallest absolute Gasteiger partial charge is 0.317 e. The predicted molar refractivity (Wildman–Crippen MR) is 125 cm³/mol. The van der Waals surface area contributed by atoms with E-state index in [1.807, 2.05) is 6.07 Å². The van der Waals surface area contributed by atoms with Crippen LogP contribution in [0, 0.1) is 13.8 Å². The number of benzene rings is 1. The Balaban J connectivity index is 1.43. The fourth-order valence-corrected chi connectivity index (χ4v) is 4.24. The molecular weight excluding hydrogens is 504 g/mol. The van der Waals surface area contributed by atoms with Crippen LogP contribution in [-0.2, 0) is 12.7 Å². The molecule has 12 heteroatoms. The van der Waals surface area contributed by atoms with Crippen molar-refractivity contribution in [3.63, 3.8) is 0 Å². The molecule has 4 aromatic rings. The molecule has 3 aromatic heterocycles. The number of aryl methyl sites for hydroxylation is 1. The first-order chi connectivity index (χ1) is 16.5. The van der Waals surface area contributed by atoms with Gasteiger partial charge in [0.25, 0.3) is 5.91 Å². The highest BCUT2D eigenvalue weighted by molar-refractivity contribution is 6.42. The molecule has 3 heterocycles. The molecule has 1 amide bonds. The van der Waals surface area contributed by atoms with E-state index in [9.17, 15) is 18.0 Å². The van der Waals surface area contributed by atoms with Gasteiger partial charge in [0.1, 0.15) is 5.69 Å². The van der Waals surface area contributed by atoms with E-state index in [1.54, 1.807) is 30.7 Å². The topological polar surface area (TPSA) is 77.1 Å². The Morgan fingerprint density at radius 1 is 1.11 bits per heavy atom. The minimum absolute atomic E-state index is 0.0138. The second-order valence-electron chi connectivity index (χ2n) is 8.54. The molecule has 182 valence electrons. The van der Waals surface area contributed by atoms with Gasteiger partial charge in [0.05, 0.1) is 33.7 Å². The van der Waals surface area contributed by atoms with Crippen LogP contribution in [0.5, 0.6) is 0 Å². The third-order valence-electron chi connectivity index (χ3n) is 5.90. The minimum atomic E-state index is -4.64. The van der Waals surface area contributed by atoms with Crippen molar-refractivity contribution in [3.05, 3.63) is 74.4 Å². The maximum Gasteiger partial charge on any atom is 0.433 e. The van der Waals surface area contributed by atoms with Crippen molar-refractivity contribution in [1.82, 2.24) is 24.4 Å². The van der Waals surface area contributed by atoms with E-state index in [4.69, 9.17) is 23.2 Å². The highest BCUT2D eigenvalue weighted by Crippen LogP contribution is 2.41. The number of halogens is 5. The van der Waals surface area contributed by atoms with Crippen LogP contribution in [0.2, 0.25) is 10.0 Å². The van der Waals surface area contributed by atoms with Crippen LogP contribution in [-0.4, -0.2) is 30.3 Å². The summed E-state index contributed by atoms with van der Waals surface area (Å²) in [5.74, 6) is -0.642. The lowest BCUT2D eigenvalue weighted by atomic mass is 10.2. The molecule has 1 aliphatic rings. The maximum atomic E-state index is 13.7. The van der Waals surface area contributed by atoms with Crippen molar-refractivity contribution in [2.45, 2.75) is 45.3 Å². The Morgan fingerprint density at radius 2 is 1.86 bits per heavy atom. The molecule has 7 nitrogen and oxygen atoms in total. The van der Waals surface area contributed by atoms with E-state index in [0.717, 1.165) is 24.5 Å². The number of nitrogens with one attached hydrogen (secondary N) is 1. The first kappa shape index (κ1) is 23.6. The number of amides is 1. The van der Waals surface area contributed by atoms with E-state index in [1.165, 1.54) is 6.07 Å². The molecular formula is C23H19Cl2F3N6O. The Labute approximate surface area is 207 Å². The summed E-state index contributed by atoms with van der Waals surface area (Å²) in [6.07, 6.45) is -3.04. The molecule has 1 N–H and O–H groups in total. The fraction of sp³-hybridized carbons (Fsp3) is 0.304. The van der Waals surface area contributed by atoms with E-state index in [0.29, 0.717) is 43.9 Å². The van der Waals surface area contributed by atoms with Gasteiger partial charge in [-0.3, -0.25) is 9.48 Å². The van der Waals surface area contributed by atoms with Gasteiger partial charge >= 0.3 is 6.18 Å². The van der Waals surface area contributed by atoms with Crippen molar-refractivity contribution < 1.29 is 18.0 Å². The lowest BCUT2D eigenvalue weighted by molar-refractivity contribution is -0.142. The summed E-state index contributed by atoms with van der Waals surface area (Å²) in [5.41, 5.74) is 1.75. The zero-order valence-corrected chi connectivity index (χ0v) is 20.1. The number of fused-ring (bicyclic) bond motifs is 1. The molecule has 1 aromatic carbocycles. The van der Waals surface area contributed by atoms with Crippen molar-refractivity contribution >= 4 is 40.4 Å². The lowest BCUT2D eigenvalue weighted by Crippen LogP contribution is -2.16. The highest BCUT2D eigenvalue weighted by atomic mass is 35.5. The summed E-state index contributed by atoms with van der Waals surface area (Å²) < 4.78 is 43.3. The zero-order valence-electron chi connectivity index (χ0n) is 18.6. The number of hydrogen-bond acceptors (Lipinski definition) is 4. The third kappa shape index (κ3) is 4.60. The van der Waals surface area contributed by atoms with Crippen LogP contribution in [0.3, 0.4) is 0 Å². The number of carbonyl (C=O) groups excluding carboxylic acids is 1. The zero-order chi connectivity index (χ0) is 25.1. The largest absolute Gasteiger partial charge is 0.433 e. The van der Waals surface area contributed by atoms with E-state index in [2.05, 4.69) is 20.5 Å². The van der Waals surface area contributed by atoms with Gasteiger partial charge in [-0.25, -0.2) is 9.50 Å². The van der Waals surface area contributed by atoms with Gasteiger partial charge in [0.2, 0.25) is 0 Å². The van der Waals surface area contributed by atoms with Gasteiger partial charge in [0.15, 0.2) is 11.3 Å². The van der Waals surface area contributed by atoms with Crippen LogP contribution in [0.15, 0.2) is 30.3 Å². The van der Waals surface area contributed by atoms with Crippen molar-refractivity contribution in [1.29, 1.82) is 0 Å². The number of rotatable bonds is 5. The standard InChI is InChI=1S/C23H19Cl2F3N6O/c1-11-21(12(2)33(31-11)10-13-3-6-15(24)16(25)7-13)30-22(35)18-9-20-29-17(14-4-5-14)8-19(23(26,27)28)34(20)32-18/h3,6-9,14H,4-5,10H2,1-2H3,(H,30,35). The van der Waals surface area contributed by atoms with Gasteiger partial charge in [-0.1, -0.05) is 29.3 Å². The van der Waals surface area contributed by atoms with Crippen molar-refractivity contribution in [2.75, 3.05) is 5.32 Å². The molecule has 0 unspecified atom stereocenters. The Kier molecular flexibility index (Phi) is 5.76. The molecule has 1 aliphatic carbocycles. The van der Waals surface area contributed by atoms with E-state index in [-0.39, 0.29) is 17.3 Å². The molecule has 1 fully saturated rings. The molecule has 5 rings (SSSR count). The molecule has 1 saturated carbocycles. The average molecular weight is 523 g/mol. The highest BCUT2D eigenvalue weighted by Gasteiger charge is 2.37. The number of nitrogens with zero attached hydrogens (tertiary/aromatic N) is 5. The quantitative estimate of drug-likeness (QED) is 0.346. The monoisotopic (exact) mass is 522 g/mol.